The van der Waals surface area contributed by atoms with Crippen molar-refractivity contribution in [2.45, 2.75) is 38.5 Å². The fourth-order valence-corrected chi connectivity index (χ4v) is 4.72. The molecule has 7 heteroatoms. The highest BCUT2D eigenvalue weighted by molar-refractivity contribution is 5.89. The molecule has 0 saturated heterocycles. The molecule has 2 aromatic carbocycles. The van der Waals surface area contributed by atoms with Crippen LogP contribution in [0.1, 0.15) is 49.7 Å². The summed E-state index contributed by atoms with van der Waals surface area (Å²) in [6.45, 7) is 1.53. The van der Waals surface area contributed by atoms with Crippen molar-refractivity contribution in [1.29, 1.82) is 0 Å². The van der Waals surface area contributed by atoms with Crippen molar-refractivity contribution in [3.8, 4) is 5.75 Å². The Bertz CT molecular complexity index is 1300. The van der Waals surface area contributed by atoms with Crippen LogP contribution in [0.4, 0.5) is 11.6 Å². The van der Waals surface area contributed by atoms with Gasteiger partial charge in [-0.1, -0.05) is 25.0 Å². The van der Waals surface area contributed by atoms with Crippen LogP contribution < -0.4 is 10.1 Å². The van der Waals surface area contributed by atoms with Crippen LogP contribution in [-0.4, -0.2) is 34.1 Å². The molecule has 7 nitrogen and oxygen atoms in total. The molecular weight excluding hydrogens is 426 g/mol. The van der Waals surface area contributed by atoms with Gasteiger partial charge in [0.25, 0.3) is 0 Å². The quantitative estimate of drug-likeness (QED) is 0.529. The number of carbonyl (C=O) groups excluding carboxylic acids is 1. The number of allylic oxidation sites excluding steroid dienone is 1. The average Bonchev–Trinajstić information content (AvgIpc) is 3.27. The minimum atomic E-state index is -0.0757. The predicted molar refractivity (Wildman–Crippen MR) is 135 cm³/mol. The van der Waals surface area contributed by atoms with Gasteiger partial charge in [0.05, 0.1) is 24.5 Å². The van der Waals surface area contributed by atoms with Gasteiger partial charge in [-0.15, -0.1) is 0 Å². The number of benzene rings is 2. The molecule has 5 rings (SSSR count). The number of carbonyl (C=O) groups is 1. The summed E-state index contributed by atoms with van der Waals surface area (Å²) in [6, 6.07) is 11.8. The number of amides is 1. The van der Waals surface area contributed by atoms with Gasteiger partial charge >= 0.3 is 0 Å². The van der Waals surface area contributed by atoms with Gasteiger partial charge in [-0.2, -0.15) is 0 Å². The highest BCUT2D eigenvalue weighted by Gasteiger charge is 2.24. The molecule has 0 radical (unpaired) electrons. The third-order valence-electron chi connectivity index (χ3n) is 6.37. The Kier molecular flexibility index (Phi) is 6.08. The standard InChI is InChI=1S/C27H27N5O2/c1-18(33)32-15-5-14-28-17-23(32)19-8-11-22(12-9-19)30-27-29-16-21-10-13-24(34-2)25(26(21)31-27)20-6-3-4-7-20/h5,8-17,20H,3-4,6-7H2,1-2H3,(H,29,30,31). The van der Waals surface area contributed by atoms with Crippen molar-refractivity contribution in [3.05, 3.63) is 72.2 Å². The maximum atomic E-state index is 12.1. The van der Waals surface area contributed by atoms with Gasteiger partial charge in [-0.3, -0.25) is 14.7 Å². The summed E-state index contributed by atoms with van der Waals surface area (Å²) in [6.07, 6.45) is 13.5. The number of hydrogen-bond acceptors (Lipinski definition) is 6. The number of hydrogen-bond donors (Lipinski definition) is 1. The van der Waals surface area contributed by atoms with E-state index in [1.807, 2.05) is 42.6 Å². The second kappa shape index (κ2) is 9.47. The zero-order valence-corrected chi connectivity index (χ0v) is 19.4. The fraction of sp³-hybridized carbons (Fsp3) is 0.259. The van der Waals surface area contributed by atoms with Gasteiger partial charge < -0.3 is 10.1 Å². The number of aliphatic imine (C=N–C) groups is 1. The molecule has 1 fully saturated rings. The van der Waals surface area contributed by atoms with Crippen molar-refractivity contribution in [3.63, 3.8) is 0 Å². The predicted octanol–water partition coefficient (Wildman–Crippen LogP) is 5.78. The van der Waals surface area contributed by atoms with Crippen LogP contribution in [0.15, 0.2) is 66.1 Å². The lowest BCUT2D eigenvalue weighted by atomic mass is 9.94. The number of nitrogens with one attached hydrogen (secondary N) is 1. The van der Waals surface area contributed by atoms with E-state index in [0.717, 1.165) is 46.4 Å². The van der Waals surface area contributed by atoms with Crippen LogP contribution in [0.25, 0.3) is 16.6 Å². The van der Waals surface area contributed by atoms with E-state index >= 15 is 0 Å². The smallest absolute Gasteiger partial charge is 0.227 e. The fourth-order valence-electron chi connectivity index (χ4n) is 4.72. The van der Waals surface area contributed by atoms with Crippen LogP contribution >= 0.6 is 0 Å². The second-order valence-corrected chi connectivity index (χ2v) is 8.54. The first-order valence-electron chi connectivity index (χ1n) is 11.5. The van der Waals surface area contributed by atoms with E-state index in [4.69, 9.17) is 9.72 Å². The van der Waals surface area contributed by atoms with Gasteiger partial charge in [-0.25, -0.2) is 9.97 Å². The first-order chi connectivity index (χ1) is 16.6. The molecule has 0 atom stereocenters. The Hall–Kier alpha value is -4.00. The molecule has 0 unspecified atom stereocenters. The molecule has 2 heterocycles. The number of anilines is 2. The first kappa shape index (κ1) is 21.8. The SMILES string of the molecule is COc1ccc2cnc(Nc3ccc(C4=CN=CC=CN4C(C)=O)cc3)nc2c1C1CCCC1. The largest absolute Gasteiger partial charge is 0.496 e. The first-order valence-corrected chi connectivity index (χ1v) is 11.5. The summed E-state index contributed by atoms with van der Waals surface area (Å²) in [7, 11) is 1.72. The number of ether oxygens (including phenoxy) is 1. The Labute approximate surface area is 198 Å². The van der Waals surface area contributed by atoms with Crippen LogP contribution in [0.5, 0.6) is 5.75 Å². The Morgan fingerprint density at radius 1 is 1.12 bits per heavy atom. The van der Waals surface area contributed by atoms with Crippen LogP contribution in [0.2, 0.25) is 0 Å². The van der Waals surface area contributed by atoms with E-state index in [-0.39, 0.29) is 5.91 Å². The Morgan fingerprint density at radius 2 is 1.91 bits per heavy atom. The van der Waals surface area contributed by atoms with E-state index in [1.54, 1.807) is 36.7 Å². The van der Waals surface area contributed by atoms with Crippen LogP contribution in [0, 0.1) is 0 Å². The van der Waals surface area contributed by atoms with E-state index in [9.17, 15) is 4.79 Å². The summed E-state index contributed by atoms with van der Waals surface area (Å²) >= 11 is 0. The molecule has 1 N–H and O–H groups in total. The van der Waals surface area contributed by atoms with Crippen molar-refractivity contribution in [1.82, 2.24) is 14.9 Å². The van der Waals surface area contributed by atoms with Gasteiger partial charge in [0.1, 0.15) is 5.75 Å². The molecule has 1 amide bonds. The van der Waals surface area contributed by atoms with Gasteiger partial charge in [0.2, 0.25) is 11.9 Å². The average molecular weight is 454 g/mol. The lowest BCUT2D eigenvalue weighted by Crippen LogP contribution is -2.20. The molecular formula is C27H27N5O2. The number of aromatic nitrogens is 2. The third-order valence-corrected chi connectivity index (χ3v) is 6.37. The van der Waals surface area contributed by atoms with E-state index in [1.165, 1.54) is 25.3 Å². The Balaban J connectivity index is 1.44. The van der Waals surface area contributed by atoms with Gasteiger partial charge in [0.15, 0.2) is 0 Å². The van der Waals surface area contributed by atoms with Crippen LogP contribution in [-0.2, 0) is 4.79 Å². The molecule has 2 aliphatic rings. The highest BCUT2D eigenvalue weighted by atomic mass is 16.5. The molecule has 1 aliphatic heterocycles. The second-order valence-electron chi connectivity index (χ2n) is 8.54. The molecule has 1 aromatic heterocycles. The summed E-state index contributed by atoms with van der Waals surface area (Å²) in [5.41, 5.74) is 4.61. The van der Waals surface area contributed by atoms with Gasteiger partial charge in [-0.05, 0) is 49.1 Å². The molecule has 0 bridgehead atoms. The number of methoxy groups -OCH3 is 1. The topological polar surface area (TPSA) is 79.7 Å². The minimum absolute atomic E-state index is 0.0757. The zero-order chi connectivity index (χ0) is 23.5. The minimum Gasteiger partial charge on any atom is -0.496 e. The molecule has 1 saturated carbocycles. The number of rotatable bonds is 5. The molecule has 34 heavy (non-hydrogen) atoms. The monoisotopic (exact) mass is 453 g/mol. The maximum Gasteiger partial charge on any atom is 0.227 e. The summed E-state index contributed by atoms with van der Waals surface area (Å²) < 4.78 is 5.70. The van der Waals surface area contributed by atoms with E-state index < -0.39 is 0 Å². The summed E-state index contributed by atoms with van der Waals surface area (Å²) in [5.74, 6) is 1.83. The lowest BCUT2D eigenvalue weighted by Gasteiger charge is -2.19. The third kappa shape index (κ3) is 4.29. The molecule has 1 aliphatic carbocycles. The normalized spacial score (nSPS) is 15.9. The number of fused-ring (bicyclic) bond motifs is 1. The van der Waals surface area contributed by atoms with E-state index in [0.29, 0.717) is 11.9 Å². The van der Waals surface area contributed by atoms with Gasteiger partial charge in [0, 0.05) is 47.7 Å². The summed E-state index contributed by atoms with van der Waals surface area (Å²) in [5, 5.41) is 4.34. The highest BCUT2D eigenvalue weighted by Crippen LogP contribution is 2.42. The van der Waals surface area contributed by atoms with Crippen molar-refractivity contribution >= 4 is 40.4 Å². The Morgan fingerprint density at radius 3 is 2.65 bits per heavy atom. The van der Waals surface area contributed by atoms with Crippen molar-refractivity contribution < 1.29 is 9.53 Å². The number of nitrogens with zero attached hydrogens (tertiary/aromatic N) is 4. The van der Waals surface area contributed by atoms with E-state index in [2.05, 4.69) is 15.3 Å². The van der Waals surface area contributed by atoms with Crippen molar-refractivity contribution in [2.75, 3.05) is 12.4 Å². The van der Waals surface area contributed by atoms with Crippen molar-refractivity contribution in [2.24, 2.45) is 4.99 Å². The summed E-state index contributed by atoms with van der Waals surface area (Å²) in [4.78, 5) is 27.3. The maximum absolute atomic E-state index is 12.1. The zero-order valence-electron chi connectivity index (χ0n) is 19.4. The lowest BCUT2D eigenvalue weighted by molar-refractivity contribution is -0.123. The molecule has 0 spiro atoms. The molecule has 172 valence electrons. The van der Waals surface area contributed by atoms with Crippen LogP contribution in [0.3, 0.4) is 0 Å². The molecule has 3 aromatic rings.